The van der Waals surface area contributed by atoms with Crippen molar-refractivity contribution in [1.82, 2.24) is 0 Å². The molecule has 0 atom stereocenters. The summed E-state index contributed by atoms with van der Waals surface area (Å²) in [5.74, 6) is -0.889. The minimum atomic E-state index is -3.51. The molecule has 21 heavy (non-hydrogen) atoms. The third-order valence-electron chi connectivity index (χ3n) is 3.53. The lowest BCUT2D eigenvalue weighted by molar-refractivity contribution is 0.0698. The van der Waals surface area contributed by atoms with Gasteiger partial charge in [-0.3, -0.25) is 4.72 Å². The predicted molar refractivity (Wildman–Crippen MR) is 81.0 cm³/mol. The van der Waals surface area contributed by atoms with Crippen LogP contribution < -0.4 is 4.72 Å². The fourth-order valence-corrected chi connectivity index (χ4v) is 3.85. The SMILES string of the molecule is O=C(O)c1cc2ccccc2cc1NS(=O)(=O)CC1CC1. The molecule has 1 saturated carbocycles. The van der Waals surface area contributed by atoms with E-state index in [1.165, 1.54) is 6.07 Å². The lowest BCUT2D eigenvalue weighted by Gasteiger charge is -2.11. The summed E-state index contributed by atoms with van der Waals surface area (Å²) >= 11 is 0. The number of carboxylic acid groups (broad SMARTS) is 1. The van der Waals surface area contributed by atoms with Crippen LogP contribution >= 0.6 is 0 Å². The van der Waals surface area contributed by atoms with Gasteiger partial charge in [-0.15, -0.1) is 0 Å². The molecule has 0 saturated heterocycles. The largest absolute Gasteiger partial charge is 0.478 e. The molecule has 3 rings (SSSR count). The summed E-state index contributed by atoms with van der Waals surface area (Å²) in [6.45, 7) is 0. The molecular formula is C15H15NO4S. The zero-order valence-electron chi connectivity index (χ0n) is 11.2. The van der Waals surface area contributed by atoms with Gasteiger partial charge in [0.2, 0.25) is 10.0 Å². The van der Waals surface area contributed by atoms with Crippen molar-refractivity contribution in [2.24, 2.45) is 5.92 Å². The average molecular weight is 305 g/mol. The van der Waals surface area contributed by atoms with Crippen molar-refractivity contribution in [1.29, 1.82) is 0 Å². The van der Waals surface area contributed by atoms with E-state index >= 15 is 0 Å². The first-order valence-corrected chi connectivity index (χ1v) is 8.36. The summed E-state index contributed by atoms with van der Waals surface area (Å²) in [6, 6.07) is 10.3. The number of fused-ring (bicyclic) bond motifs is 1. The van der Waals surface area contributed by atoms with Crippen molar-refractivity contribution >= 4 is 32.5 Å². The van der Waals surface area contributed by atoms with Gasteiger partial charge in [0.25, 0.3) is 0 Å². The molecule has 6 heteroatoms. The first kappa shape index (κ1) is 13.9. The highest BCUT2D eigenvalue weighted by Crippen LogP contribution is 2.31. The molecule has 0 radical (unpaired) electrons. The Morgan fingerprint density at radius 1 is 1.19 bits per heavy atom. The highest BCUT2D eigenvalue weighted by atomic mass is 32.2. The van der Waals surface area contributed by atoms with Crippen LogP contribution in [0.4, 0.5) is 5.69 Å². The maximum Gasteiger partial charge on any atom is 0.337 e. The van der Waals surface area contributed by atoms with Gasteiger partial charge in [-0.1, -0.05) is 24.3 Å². The molecule has 0 bridgehead atoms. The maximum absolute atomic E-state index is 12.1. The Morgan fingerprint density at radius 2 is 1.81 bits per heavy atom. The second kappa shape index (κ2) is 5.04. The molecule has 1 aliphatic rings. The highest BCUT2D eigenvalue weighted by molar-refractivity contribution is 7.92. The van der Waals surface area contributed by atoms with Gasteiger partial charge in [-0.2, -0.15) is 0 Å². The second-order valence-electron chi connectivity index (χ2n) is 5.38. The topological polar surface area (TPSA) is 83.5 Å². The smallest absolute Gasteiger partial charge is 0.337 e. The van der Waals surface area contributed by atoms with Crippen LogP contribution in [-0.4, -0.2) is 25.2 Å². The number of sulfonamides is 1. The molecular weight excluding hydrogens is 290 g/mol. The number of carboxylic acids is 1. The lowest BCUT2D eigenvalue weighted by atomic mass is 10.1. The van der Waals surface area contributed by atoms with Crippen LogP contribution in [0.3, 0.4) is 0 Å². The Labute approximate surface area is 122 Å². The first-order valence-electron chi connectivity index (χ1n) is 6.71. The fraction of sp³-hybridized carbons (Fsp3) is 0.267. The molecule has 0 heterocycles. The van der Waals surface area contributed by atoms with E-state index in [1.54, 1.807) is 12.1 Å². The van der Waals surface area contributed by atoms with Crippen molar-refractivity contribution in [2.45, 2.75) is 12.8 Å². The van der Waals surface area contributed by atoms with E-state index in [2.05, 4.69) is 4.72 Å². The third-order valence-corrected chi connectivity index (χ3v) is 4.97. The summed E-state index contributed by atoms with van der Waals surface area (Å²) in [7, 11) is -3.51. The van der Waals surface area contributed by atoms with Gasteiger partial charge in [0.1, 0.15) is 0 Å². The van der Waals surface area contributed by atoms with Crippen molar-refractivity contribution in [3.05, 3.63) is 42.0 Å². The zero-order valence-corrected chi connectivity index (χ0v) is 12.1. The summed E-state index contributed by atoms with van der Waals surface area (Å²) < 4.78 is 26.5. The summed E-state index contributed by atoms with van der Waals surface area (Å²) in [6.07, 6.45) is 1.84. The fourth-order valence-electron chi connectivity index (χ4n) is 2.31. The Bertz CT molecular complexity index is 810. The monoisotopic (exact) mass is 305 g/mol. The molecule has 110 valence electrons. The van der Waals surface area contributed by atoms with Gasteiger partial charge in [-0.25, -0.2) is 13.2 Å². The molecule has 0 aromatic heterocycles. The van der Waals surface area contributed by atoms with Crippen LogP contribution in [0.15, 0.2) is 36.4 Å². The van der Waals surface area contributed by atoms with Crippen molar-refractivity contribution in [2.75, 3.05) is 10.5 Å². The van der Waals surface area contributed by atoms with E-state index in [0.717, 1.165) is 23.6 Å². The van der Waals surface area contributed by atoms with E-state index < -0.39 is 16.0 Å². The Morgan fingerprint density at radius 3 is 2.38 bits per heavy atom. The molecule has 2 aromatic carbocycles. The van der Waals surface area contributed by atoms with E-state index in [1.807, 2.05) is 18.2 Å². The van der Waals surface area contributed by atoms with Crippen molar-refractivity contribution in [3.63, 3.8) is 0 Å². The molecule has 1 aliphatic carbocycles. The number of hydrogen-bond donors (Lipinski definition) is 2. The molecule has 0 amide bonds. The van der Waals surface area contributed by atoms with Crippen LogP contribution in [0, 0.1) is 5.92 Å². The number of rotatable bonds is 5. The normalized spacial score (nSPS) is 15.0. The van der Waals surface area contributed by atoms with Gasteiger partial charge in [0, 0.05) is 0 Å². The molecule has 0 aliphatic heterocycles. The van der Waals surface area contributed by atoms with Crippen LogP contribution in [0.2, 0.25) is 0 Å². The Hall–Kier alpha value is -2.08. The molecule has 2 aromatic rings. The Balaban J connectivity index is 2.02. The maximum atomic E-state index is 12.1. The minimum Gasteiger partial charge on any atom is -0.478 e. The molecule has 0 spiro atoms. The zero-order chi connectivity index (χ0) is 15.0. The van der Waals surface area contributed by atoms with Crippen LogP contribution in [0.1, 0.15) is 23.2 Å². The number of hydrogen-bond acceptors (Lipinski definition) is 3. The van der Waals surface area contributed by atoms with Crippen LogP contribution in [0.25, 0.3) is 10.8 Å². The molecule has 2 N–H and O–H groups in total. The summed E-state index contributed by atoms with van der Waals surface area (Å²) in [5.41, 5.74) is 0.0925. The number of anilines is 1. The van der Waals surface area contributed by atoms with Gasteiger partial charge >= 0.3 is 5.97 Å². The first-order chi connectivity index (χ1) is 9.94. The molecule has 5 nitrogen and oxygen atoms in total. The molecule has 1 fully saturated rings. The third kappa shape index (κ3) is 3.16. The standard InChI is InChI=1S/C15H15NO4S/c17-15(18)13-7-11-3-1-2-4-12(11)8-14(13)16-21(19,20)9-10-5-6-10/h1-4,7-8,10,16H,5-6,9H2,(H,17,18). The minimum absolute atomic E-state index is 0.0342. The Kier molecular flexibility index (Phi) is 3.33. The van der Waals surface area contributed by atoms with Gasteiger partial charge in [0.15, 0.2) is 0 Å². The summed E-state index contributed by atoms with van der Waals surface area (Å²) in [4.78, 5) is 11.4. The molecule has 0 unspecified atom stereocenters. The van der Waals surface area contributed by atoms with Crippen LogP contribution in [-0.2, 0) is 10.0 Å². The van der Waals surface area contributed by atoms with Gasteiger partial charge < -0.3 is 5.11 Å². The number of benzene rings is 2. The van der Waals surface area contributed by atoms with Gasteiger partial charge in [-0.05, 0) is 41.7 Å². The quantitative estimate of drug-likeness (QED) is 0.889. The van der Waals surface area contributed by atoms with Crippen LogP contribution in [0.5, 0.6) is 0 Å². The van der Waals surface area contributed by atoms with E-state index in [-0.39, 0.29) is 22.9 Å². The lowest BCUT2D eigenvalue weighted by Crippen LogP contribution is -2.19. The van der Waals surface area contributed by atoms with E-state index in [0.29, 0.717) is 0 Å². The van der Waals surface area contributed by atoms with Crippen molar-refractivity contribution < 1.29 is 18.3 Å². The van der Waals surface area contributed by atoms with E-state index in [9.17, 15) is 18.3 Å². The highest BCUT2D eigenvalue weighted by Gasteiger charge is 2.28. The second-order valence-corrected chi connectivity index (χ2v) is 7.14. The predicted octanol–water partition coefficient (Wildman–Crippen LogP) is 2.69. The number of aromatic carboxylic acids is 1. The van der Waals surface area contributed by atoms with Crippen molar-refractivity contribution in [3.8, 4) is 0 Å². The number of nitrogens with one attached hydrogen (secondary N) is 1. The summed E-state index contributed by atoms with van der Waals surface area (Å²) in [5, 5.41) is 10.8. The number of carbonyl (C=O) groups is 1. The van der Waals surface area contributed by atoms with E-state index in [4.69, 9.17) is 0 Å². The van der Waals surface area contributed by atoms with Gasteiger partial charge in [0.05, 0.1) is 17.0 Å². The average Bonchev–Trinajstić information content (AvgIpc) is 3.20.